The van der Waals surface area contributed by atoms with Crippen molar-refractivity contribution in [1.82, 2.24) is 0 Å². The maximum absolute atomic E-state index is 12.3. The van der Waals surface area contributed by atoms with Gasteiger partial charge < -0.3 is 4.74 Å². The van der Waals surface area contributed by atoms with Crippen molar-refractivity contribution in [3.05, 3.63) is 46.0 Å². The fraction of sp³-hybridized carbons (Fsp3) is 0.471. The third-order valence-corrected chi connectivity index (χ3v) is 4.55. The Kier molecular flexibility index (Phi) is 5.41. The van der Waals surface area contributed by atoms with Crippen LogP contribution in [0.5, 0.6) is 0 Å². The van der Waals surface area contributed by atoms with Crippen LogP contribution in [0.25, 0.3) is 0 Å². The summed E-state index contributed by atoms with van der Waals surface area (Å²) < 4.78 is 6.37. The summed E-state index contributed by atoms with van der Waals surface area (Å²) in [4.78, 5) is 12.3. The fourth-order valence-electron chi connectivity index (χ4n) is 2.32. The van der Waals surface area contributed by atoms with Crippen LogP contribution < -0.4 is 0 Å². The maximum atomic E-state index is 12.3. The van der Waals surface area contributed by atoms with Gasteiger partial charge in [0, 0.05) is 4.47 Å². The van der Waals surface area contributed by atoms with Gasteiger partial charge in [-0.2, -0.15) is 0 Å². The number of allylic oxidation sites excluding steroid dienone is 1. The van der Waals surface area contributed by atoms with Crippen molar-refractivity contribution in [2.75, 3.05) is 0 Å². The summed E-state index contributed by atoms with van der Waals surface area (Å²) in [5.74, 6) is 0.211. The van der Waals surface area contributed by atoms with Crippen molar-refractivity contribution in [3.8, 4) is 0 Å². The lowest BCUT2D eigenvalue weighted by molar-refractivity contribution is 0.0369. The molecule has 1 aliphatic carbocycles. The van der Waals surface area contributed by atoms with Crippen molar-refractivity contribution in [2.45, 2.75) is 51.6 Å². The van der Waals surface area contributed by atoms with Gasteiger partial charge in [-0.05, 0) is 71.3 Å². The topological polar surface area (TPSA) is 26.3 Å². The molecule has 0 saturated carbocycles. The highest BCUT2D eigenvalue weighted by atomic mass is 79.9. The fourth-order valence-corrected chi connectivity index (χ4v) is 2.73. The van der Waals surface area contributed by atoms with E-state index in [1.54, 1.807) is 0 Å². The Morgan fingerprint density at radius 2 is 2.30 bits per heavy atom. The van der Waals surface area contributed by atoms with Crippen LogP contribution in [0.4, 0.5) is 0 Å². The third-order valence-electron chi connectivity index (χ3n) is 3.86. The number of rotatable bonds is 4. The summed E-state index contributed by atoms with van der Waals surface area (Å²) in [7, 11) is 0. The summed E-state index contributed by atoms with van der Waals surface area (Å²) in [6.07, 6.45) is 8.16. The number of carbonyl (C=O) groups excluding carboxylic acids is 1. The first kappa shape index (κ1) is 15.3. The van der Waals surface area contributed by atoms with Gasteiger partial charge in [0.2, 0.25) is 0 Å². The van der Waals surface area contributed by atoms with Crippen LogP contribution in [0.3, 0.4) is 0 Å². The molecule has 0 saturated heterocycles. The highest BCUT2D eigenvalue weighted by molar-refractivity contribution is 9.10. The molecule has 20 heavy (non-hydrogen) atoms. The standard InChI is InChI=1S/C17H21BrO2/c1-3-12(2)13-9-10-16(18)15(11-13)17(19)20-14-7-5-4-6-8-14/h5,7,9-12,14H,3-4,6,8H2,1-2H3. The van der Waals surface area contributed by atoms with Crippen LogP contribution in [0.1, 0.15) is 61.4 Å². The van der Waals surface area contributed by atoms with Crippen molar-refractivity contribution in [3.63, 3.8) is 0 Å². The molecule has 1 aromatic carbocycles. The first-order valence-electron chi connectivity index (χ1n) is 7.29. The Balaban J connectivity index is 2.15. The minimum absolute atomic E-state index is 0.0737. The van der Waals surface area contributed by atoms with E-state index in [-0.39, 0.29) is 12.1 Å². The highest BCUT2D eigenvalue weighted by Gasteiger charge is 2.18. The van der Waals surface area contributed by atoms with Crippen LogP contribution in [0, 0.1) is 0 Å². The lowest BCUT2D eigenvalue weighted by atomic mass is 9.97. The third kappa shape index (κ3) is 3.72. The molecule has 108 valence electrons. The molecule has 1 aliphatic rings. The van der Waals surface area contributed by atoms with Gasteiger partial charge in [0.05, 0.1) is 5.56 Å². The number of esters is 1. The lowest BCUT2D eigenvalue weighted by Crippen LogP contribution is -2.18. The number of carbonyl (C=O) groups is 1. The molecule has 2 rings (SSSR count). The van der Waals surface area contributed by atoms with Gasteiger partial charge in [-0.1, -0.05) is 26.0 Å². The second-order valence-corrected chi connectivity index (χ2v) is 6.21. The van der Waals surface area contributed by atoms with Crippen molar-refractivity contribution < 1.29 is 9.53 Å². The molecule has 0 radical (unpaired) electrons. The van der Waals surface area contributed by atoms with E-state index in [0.29, 0.717) is 11.5 Å². The molecule has 2 unspecified atom stereocenters. The molecule has 1 aromatic rings. The average Bonchev–Trinajstić information content (AvgIpc) is 2.48. The van der Waals surface area contributed by atoms with E-state index in [1.807, 2.05) is 18.2 Å². The number of hydrogen-bond donors (Lipinski definition) is 0. The molecule has 0 fully saturated rings. The van der Waals surface area contributed by atoms with E-state index in [4.69, 9.17) is 4.74 Å². The molecule has 0 N–H and O–H groups in total. The van der Waals surface area contributed by atoms with E-state index >= 15 is 0 Å². The summed E-state index contributed by atoms with van der Waals surface area (Å²) in [5, 5.41) is 0. The Bertz CT molecular complexity index is 508. The van der Waals surface area contributed by atoms with Crippen LogP contribution in [-0.4, -0.2) is 12.1 Å². The van der Waals surface area contributed by atoms with Crippen LogP contribution in [0.15, 0.2) is 34.8 Å². The predicted octanol–water partition coefficient (Wildman–Crippen LogP) is 5.23. The predicted molar refractivity (Wildman–Crippen MR) is 85.0 cm³/mol. The largest absolute Gasteiger partial charge is 0.455 e. The zero-order valence-electron chi connectivity index (χ0n) is 12.1. The lowest BCUT2D eigenvalue weighted by Gasteiger charge is -2.18. The summed E-state index contributed by atoms with van der Waals surface area (Å²) in [6, 6.07) is 5.96. The van der Waals surface area contributed by atoms with Gasteiger partial charge >= 0.3 is 5.97 Å². The Morgan fingerprint density at radius 3 is 2.95 bits per heavy atom. The normalized spacial score (nSPS) is 19.6. The van der Waals surface area contributed by atoms with E-state index in [0.717, 1.165) is 30.2 Å². The quantitative estimate of drug-likeness (QED) is 0.556. The van der Waals surface area contributed by atoms with E-state index < -0.39 is 0 Å². The minimum Gasteiger partial charge on any atom is -0.455 e. The van der Waals surface area contributed by atoms with Crippen molar-refractivity contribution >= 4 is 21.9 Å². The second kappa shape index (κ2) is 7.07. The molecule has 3 heteroatoms. The zero-order chi connectivity index (χ0) is 14.5. The van der Waals surface area contributed by atoms with E-state index in [1.165, 1.54) is 5.56 Å². The van der Waals surface area contributed by atoms with Gasteiger partial charge in [0.1, 0.15) is 6.10 Å². The molecular weight excluding hydrogens is 316 g/mol. The minimum atomic E-state index is -0.237. The van der Waals surface area contributed by atoms with Gasteiger partial charge in [-0.15, -0.1) is 0 Å². The van der Waals surface area contributed by atoms with Crippen LogP contribution in [0.2, 0.25) is 0 Å². The number of ether oxygens (including phenoxy) is 1. The van der Waals surface area contributed by atoms with Crippen LogP contribution >= 0.6 is 15.9 Å². The monoisotopic (exact) mass is 336 g/mol. The zero-order valence-corrected chi connectivity index (χ0v) is 13.7. The summed E-state index contributed by atoms with van der Waals surface area (Å²) in [5.41, 5.74) is 1.81. The molecule has 0 heterocycles. The van der Waals surface area contributed by atoms with Gasteiger partial charge in [-0.3, -0.25) is 0 Å². The molecule has 0 bridgehead atoms. The molecule has 0 aliphatic heterocycles. The van der Waals surface area contributed by atoms with Gasteiger partial charge in [0.25, 0.3) is 0 Å². The number of hydrogen-bond acceptors (Lipinski definition) is 2. The second-order valence-electron chi connectivity index (χ2n) is 5.35. The molecule has 2 nitrogen and oxygen atoms in total. The van der Waals surface area contributed by atoms with Gasteiger partial charge in [-0.25, -0.2) is 4.79 Å². The van der Waals surface area contributed by atoms with Crippen molar-refractivity contribution in [1.29, 1.82) is 0 Å². The Morgan fingerprint density at radius 1 is 1.50 bits per heavy atom. The molecule has 0 spiro atoms. The molecule has 0 aromatic heterocycles. The van der Waals surface area contributed by atoms with E-state index in [9.17, 15) is 4.79 Å². The molecule has 0 amide bonds. The number of benzene rings is 1. The van der Waals surface area contributed by atoms with E-state index in [2.05, 4.69) is 41.9 Å². The molecular formula is C17H21BrO2. The molecule has 2 atom stereocenters. The highest BCUT2D eigenvalue weighted by Crippen LogP contribution is 2.26. The SMILES string of the molecule is CCC(C)c1ccc(Br)c(C(=O)OC2C=CCCC2)c1. The Hall–Kier alpha value is -1.09. The summed E-state index contributed by atoms with van der Waals surface area (Å²) >= 11 is 3.45. The average molecular weight is 337 g/mol. The van der Waals surface area contributed by atoms with Gasteiger partial charge in [0.15, 0.2) is 0 Å². The summed E-state index contributed by atoms with van der Waals surface area (Å²) in [6.45, 7) is 4.32. The van der Waals surface area contributed by atoms with Crippen LogP contribution in [-0.2, 0) is 4.74 Å². The smallest absolute Gasteiger partial charge is 0.339 e. The number of halogens is 1. The Labute approximate surface area is 129 Å². The first-order chi connectivity index (χ1) is 9.61. The first-order valence-corrected chi connectivity index (χ1v) is 8.08. The van der Waals surface area contributed by atoms with Crippen molar-refractivity contribution in [2.24, 2.45) is 0 Å². The maximum Gasteiger partial charge on any atom is 0.339 e.